The van der Waals surface area contributed by atoms with Crippen LogP contribution in [0.3, 0.4) is 0 Å². The Balaban J connectivity index is 2.33. The molecule has 1 heterocycles. The van der Waals surface area contributed by atoms with Gasteiger partial charge in [0.2, 0.25) is 0 Å². The van der Waals surface area contributed by atoms with Crippen molar-refractivity contribution in [3.05, 3.63) is 46.8 Å². The van der Waals surface area contributed by atoms with Crippen molar-refractivity contribution < 1.29 is 0 Å². The summed E-state index contributed by atoms with van der Waals surface area (Å²) in [6, 6.07) is 7.99. The Labute approximate surface area is 113 Å². The van der Waals surface area contributed by atoms with Gasteiger partial charge < -0.3 is 5.73 Å². The van der Waals surface area contributed by atoms with Gasteiger partial charge in [0.05, 0.1) is 0 Å². The zero-order valence-electron chi connectivity index (χ0n) is 9.30. The van der Waals surface area contributed by atoms with Crippen LogP contribution in [-0.2, 0) is 0 Å². The molecule has 2 N–H and O–H groups in total. The maximum absolute atomic E-state index is 5.97. The van der Waals surface area contributed by atoms with Crippen LogP contribution >= 0.6 is 27.7 Å². The first kappa shape index (κ1) is 12.5. The molecule has 88 valence electrons. The number of hydrogen-bond acceptors (Lipinski definition) is 4. The lowest BCUT2D eigenvalue weighted by Gasteiger charge is -2.12. The summed E-state index contributed by atoms with van der Waals surface area (Å²) >= 11 is 5.06. The van der Waals surface area contributed by atoms with Crippen molar-refractivity contribution in [1.82, 2.24) is 9.97 Å². The van der Waals surface area contributed by atoms with Gasteiger partial charge in [-0.25, -0.2) is 9.97 Å². The number of nitrogens with two attached hydrogens (primary N) is 1. The van der Waals surface area contributed by atoms with Crippen molar-refractivity contribution in [2.75, 3.05) is 0 Å². The van der Waals surface area contributed by atoms with E-state index in [1.165, 1.54) is 0 Å². The van der Waals surface area contributed by atoms with E-state index < -0.39 is 0 Å². The Bertz CT molecular complexity index is 502. The molecule has 0 saturated carbocycles. The summed E-state index contributed by atoms with van der Waals surface area (Å²) in [5.74, 6) is 0. The fourth-order valence-electron chi connectivity index (χ4n) is 1.42. The molecule has 0 spiro atoms. The average Bonchev–Trinajstić information content (AvgIpc) is 2.32. The number of nitrogens with zero attached hydrogens (tertiary/aromatic N) is 2. The summed E-state index contributed by atoms with van der Waals surface area (Å²) in [5.41, 5.74) is 7.08. The van der Waals surface area contributed by atoms with Gasteiger partial charge in [0.1, 0.15) is 11.4 Å². The average molecular weight is 310 g/mol. The molecule has 0 aliphatic rings. The van der Waals surface area contributed by atoms with E-state index in [1.807, 2.05) is 25.1 Å². The number of rotatable bonds is 3. The molecule has 5 heteroatoms. The van der Waals surface area contributed by atoms with Gasteiger partial charge in [0.15, 0.2) is 0 Å². The zero-order valence-corrected chi connectivity index (χ0v) is 11.7. The van der Waals surface area contributed by atoms with Gasteiger partial charge >= 0.3 is 0 Å². The molecular weight excluding hydrogens is 298 g/mol. The van der Waals surface area contributed by atoms with Crippen LogP contribution in [0, 0.1) is 0 Å². The van der Waals surface area contributed by atoms with E-state index >= 15 is 0 Å². The van der Waals surface area contributed by atoms with Crippen molar-refractivity contribution in [3.63, 3.8) is 0 Å². The Kier molecular flexibility index (Phi) is 4.15. The lowest BCUT2D eigenvalue weighted by Crippen LogP contribution is -2.06. The van der Waals surface area contributed by atoms with Crippen LogP contribution in [-0.4, -0.2) is 9.97 Å². The Morgan fingerprint density at radius 2 is 2.18 bits per heavy atom. The van der Waals surface area contributed by atoms with E-state index in [1.54, 1.807) is 24.3 Å². The van der Waals surface area contributed by atoms with Crippen molar-refractivity contribution in [1.29, 1.82) is 0 Å². The van der Waals surface area contributed by atoms with Crippen LogP contribution in [0.1, 0.15) is 18.5 Å². The summed E-state index contributed by atoms with van der Waals surface area (Å²) < 4.78 is 1.04. The molecule has 0 fully saturated rings. The highest BCUT2D eigenvalue weighted by atomic mass is 79.9. The van der Waals surface area contributed by atoms with Crippen LogP contribution in [0.4, 0.5) is 0 Å². The van der Waals surface area contributed by atoms with Gasteiger partial charge in [0.25, 0.3) is 0 Å². The van der Waals surface area contributed by atoms with Crippen LogP contribution in [0.25, 0.3) is 0 Å². The summed E-state index contributed by atoms with van der Waals surface area (Å²) in [6.07, 6.45) is 3.28. The lowest BCUT2D eigenvalue weighted by atomic mass is 10.1. The standard InChI is InChI=1S/C12H12BrN3S/c1-8(14)10-6-9(13)2-3-11(10)17-12-4-5-15-7-16-12/h2-8H,14H2,1H3. The quantitative estimate of drug-likeness (QED) is 0.883. The first-order chi connectivity index (χ1) is 8.16. The first-order valence-electron chi connectivity index (χ1n) is 5.15. The second-order valence-electron chi connectivity index (χ2n) is 3.62. The van der Waals surface area contributed by atoms with Crippen LogP contribution < -0.4 is 5.73 Å². The van der Waals surface area contributed by atoms with Crippen LogP contribution in [0.15, 0.2) is 51.2 Å². The fraction of sp³-hybridized carbons (Fsp3) is 0.167. The number of hydrogen-bond donors (Lipinski definition) is 1. The third kappa shape index (κ3) is 3.28. The molecule has 1 aromatic heterocycles. The normalized spacial score (nSPS) is 12.4. The number of aromatic nitrogens is 2. The van der Waals surface area contributed by atoms with Crippen molar-refractivity contribution in [2.24, 2.45) is 5.73 Å². The third-order valence-electron chi connectivity index (χ3n) is 2.23. The second-order valence-corrected chi connectivity index (χ2v) is 5.60. The third-order valence-corrected chi connectivity index (χ3v) is 3.77. The molecule has 1 aromatic carbocycles. The van der Waals surface area contributed by atoms with Gasteiger partial charge in [-0.05, 0) is 36.8 Å². The first-order valence-corrected chi connectivity index (χ1v) is 6.76. The van der Waals surface area contributed by atoms with E-state index in [9.17, 15) is 0 Å². The van der Waals surface area contributed by atoms with Gasteiger partial charge in [0, 0.05) is 21.6 Å². The lowest BCUT2D eigenvalue weighted by molar-refractivity contribution is 0.796. The summed E-state index contributed by atoms with van der Waals surface area (Å²) in [4.78, 5) is 9.22. The molecular formula is C12H12BrN3S. The van der Waals surface area contributed by atoms with Gasteiger partial charge in [-0.2, -0.15) is 0 Å². The van der Waals surface area contributed by atoms with E-state index in [4.69, 9.17) is 5.73 Å². The van der Waals surface area contributed by atoms with Gasteiger partial charge in [-0.1, -0.05) is 27.7 Å². The maximum Gasteiger partial charge on any atom is 0.116 e. The molecule has 0 aliphatic heterocycles. The van der Waals surface area contributed by atoms with E-state index in [2.05, 4.69) is 32.0 Å². The van der Waals surface area contributed by atoms with Crippen LogP contribution in [0.2, 0.25) is 0 Å². The smallest absolute Gasteiger partial charge is 0.116 e. The fourth-order valence-corrected chi connectivity index (χ4v) is 2.75. The van der Waals surface area contributed by atoms with Crippen LogP contribution in [0.5, 0.6) is 0 Å². The SMILES string of the molecule is CC(N)c1cc(Br)ccc1Sc1ccncn1. The predicted molar refractivity (Wildman–Crippen MR) is 72.9 cm³/mol. The number of halogens is 1. The van der Waals surface area contributed by atoms with Crippen molar-refractivity contribution in [2.45, 2.75) is 22.9 Å². The minimum Gasteiger partial charge on any atom is -0.324 e. The topological polar surface area (TPSA) is 51.8 Å². The molecule has 1 unspecified atom stereocenters. The zero-order chi connectivity index (χ0) is 12.3. The van der Waals surface area contributed by atoms with E-state index in [0.717, 1.165) is 20.0 Å². The van der Waals surface area contributed by atoms with E-state index in [-0.39, 0.29) is 6.04 Å². The van der Waals surface area contributed by atoms with E-state index in [0.29, 0.717) is 0 Å². The molecule has 3 nitrogen and oxygen atoms in total. The van der Waals surface area contributed by atoms with Gasteiger partial charge in [-0.15, -0.1) is 0 Å². The molecule has 0 saturated heterocycles. The Hall–Kier alpha value is -0.910. The minimum atomic E-state index is -0.00293. The number of benzene rings is 1. The highest BCUT2D eigenvalue weighted by molar-refractivity contribution is 9.10. The van der Waals surface area contributed by atoms with Crippen molar-refractivity contribution in [3.8, 4) is 0 Å². The molecule has 1 atom stereocenters. The summed E-state index contributed by atoms with van der Waals surface area (Å²) in [6.45, 7) is 1.98. The molecule has 17 heavy (non-hydrogen) atoms. The molecule has 2 rings (SSSR count). The predicted octanol–water partition coefficient (Wildman–Crippen LogP) is 3.41. The Morgan fingerprint density at radius 1 is 1.35 bits per heavy atom. The maximum atomic E-state index is 5.97. The van der Waals surface area contributed by atoms with Gasteiger partial charge in [-0.3, -0.25) is 0 Å². The van der Waals surface area contributed by atoms with Crippen molar-refractivity contribution >= 4 is 27.7 Å². The highest BCUT2D eigenvalue weighted by Gasteiger charge is 2.09. The Morgan fingerprint density at radius 3 is 2.82 bits per heavy atom. The molecule has 0 bridgehead atoms. The highest BCUT2D eigenvalue weighted by Crippen LogP contribution is 2.33. The molecule has 2 aromatic rings. The molecule has 0 amide bonds. The minimum absolute atomic E-state index is 0.00293. The molecule has 0 radical (unpaired) electrons. The summed E-state index contributed by atoms with van der Waals surface area (Å²) in [5, 5.41) is 0.921. The summed E-state index contributed by atoms with van der Waals surface area (Å²) in [7, 11) is 0. The molecule has 0 aliphatic carbocycles. The largest absolute Gasteiger partial charge is 0.324 e. The monoisotopic (exact) mass is 309 g/mol. The second kappa shape index (κ2) is 5.62.